The molecule has 0 saturated heterocycles. The number of esters is 1. The van der Waals surface area contributed by atoms with E-state index in [4.69, 9.17) is 4.74 Å². The molecule has 0 aliphatic heterocycles. The predicted octanol–water partition coefficient (Wildman–Crippen LogP) is 1.70. The van der Waals surface area contributed by atoms with Crippen LogP contribution in [-0.2, 0) is 16.0 Å². The van der Waals surface area contributed by atoms with Crippen LogP contribution < -0.4 is 0 Å². The van der Waals surface area contributed by atoms with Gasteiger partial charge in [-0.05, 0) is 5.56 Å². The smallest absolute Gasteiger partial charge is 0.315 e. The van der Waals surface area contributed by atoms with Gasteiger partial charge in [0.05, 0.1) is 12.4 Å². The van der Waals surface area contributed by atoms with Crippen LogP contribution in [0.25, 0.3) is 0 Å². The van der Waals surface area contributed by atoms with Crippen LogP contribution in [0.5, 0.6) is 0 Å². The van der Waals surface area contributed by atoms with Gasteiger partial charge in [-0.15, -0.1) is 0 Å². The van der Waals surface area contributed by atoms with Crippen LogP contribution in [0.4, 0.5) is 0 Å². The second-order valence-corrected chi connectivity index (χ2v) is 2.93. The molecule has 0 aliphatic rings. The molecule has 0 N–H and O–H groups in total. The maximum Gasteiger partial charge on any atom is 0.315 e. The molecule has 0 radical (unpaired) electrons. The summed E-state index contributed by atoms with van der Waals surface area (Å²) in [5, 5.41) is 0. The summed E-state index contributed by atoms with van der Waals surface area (Å²) >= 11 is 3.80. The molecule has 0 spiro atoms. The van der Waals surface area contributed by atoms with Gasteiger partial charge in [0.2, 0.25) is 0 Å². The van der Waals surface area contributed by atoms with Crippen LogP contribution in [0.15, 0.2) is 30.3 Å². The Balaban J connectivity index is 2.24. The van der Waals surface area contributed by atoms with Gasteiger partial charge >= 0.3 is 5.97 Å². The fraction of sp³-hybridized carbons (Fsp3) is 0.300. The first kappa shape index (κ1) is 10.1. The van der Waals surface area contributed by atoms with Gasteiger partial charge in [-0.1, -0.05) is 30.3 Å². The summed E-state index contributed by atoms with van der Waals surface area (Å²) in [5.41, 5.74) is 1.18. The highest BCUT2D eigenvalue weighted by molar-refractivity contribution is 7.81. The maximum atomic E-state index is 10.7. The van der Waals surface area contributed by atoms with E-state index in [2.05, 4.69) is 12.6 Å². The van der Waals surface area contributed by atoms with E-state index in [0.29, 0.717) is 6.61 Å². The van der Waals surface area contributed by atoms with E-state index in [0.717, 1.165) is 6.42 Å². The molecular weight excluding hydrogens is 184 g/mol. The lowest BCUT2D eigenvalue weighted by Gasteiger charge is -2.02. The number of hydrogen-bond acceptors (Lipinski definition) is 3. The number of hydrogen-bond donors (Lipinski definition) is 1. The molecule has 0 aromatic heterocycles. The van der Waals surface area contributed by atoms with Gasteiger partial charge in [0, 0.05) is 6.42 Å². The van der Waals surface area contributed by atoms with E-state index >= 15 is 0 Å². The monoisotopic (exact) mass is 196 g/mol. The lowest BCUT2D eigenvalue weighted by atomic mass is 10.2. The highest BCUT2D eigenvalue weighted by Gasteiger charge is 1.98. The molecule has 0 bridgehead atoms. The summed E-state index contributed by atoms with van der Waals surface area (Å²) in [4.78, 5) is 10.7. The Bertz CT molecular complexity index is 259. The molecule has 0 fully saturated rings. The Hall–Kier alpha value is -0.960. The van der Waals surface area contributed by atoms with Gasteiger partial charge in [0.1, 0.15) is 0 Å². The topological polar surface area (TPSA) is 26.3 Å². The Labute approximate surface area is 83.3 Å². The van der Waals surface area contributed by atoms with E-state index in [1.54, 1.807) is 0 Å². The fourth-order valence-electron chi connectivity index (χ4n) is 0.973. The molecule has 0 saturated carbocycles. The third-order valence-electron chi connectivity index (χ3n) is 1.63. The van der Waals surface area contributed by atoms with E-state index in [9.17, 15) is 4.79 Å². The predicted molar refractivity (Wildman–Crippen MR) is 55.0 cm³/mol. The second-order valence-electron chi connectivity index (χ2n) is 2.61. The zero-order chi connectivity index (χ0) is 9.52. The van der Waals surface area contributed by atoms with Crippen molar-refractivity contribution in [1.29, 1.82) is 0 Å². The number of carbonyl (C=O) groups excluding carboxylic acids is 1. The maximum absolute atomic E-state index is 10.7. The summed E-state index contributed by atoms with van der Waals surface area (Å²) in [7, 11) is 0. The first-order chi connectivity index (χ1) is 6.33. The van der Waals surface area contributed by atoms with Crippen LogP contribution in [0.3, 0.4) is 0 Å². The number of benzene rings is 1. The third kappa shape index (κ3) is 3.99. The van der Waals surface area contributed by atoms with Gasteiger partial charge in [-0.25, -0.2) is 0 Å². The molecule has 0 aliphatic carbocycles. The summed E-state index contributed by atoms with van der Waals surface area (Å²) in [6, 6.07) is 9.91. The normalized spacial score (nSPS) is 9.62. The SMILES string of the molecule is O=C(CS)OCCc1ccccc1. The molecule has 2 nitrogen and oxygen atoms in total. The zero-order valence-corrected chi connectivity index (χ0v) is 8.17. The van der Waals surface area contributed by atoms with Crippen molar-refractivity contribution in [3.05, 3.63) is 35.9 Å². The Morgan fingerprint density at radius 1 is 1.31 bits per heavy atom. The fourth-order valence-corrected chi connectivity index (χ4v) is 1.06. The van der Waals surface area contributed by atoms with Crippen molar-refractivity contribution < 1.29 is 9.53 Å². The van der Waals surface area contributed by atoms with E-state index in [1.807, 2.05) is 30.3 Å². The molecule has 1 aromatic rings. The second kappa shape index (κ2) is 5.65. The third-order valence-corrected chi connectivity index (χ3v) is 1.88. The van der Waals surface area contributed by atoms with Gasteiger partial charge in [0.15, 0.2) is 0 Å². The lowest BCUT2D eigenvalue weighted by molar-refractivity contribution is -0.140. The quantitative estimate of drug-likeness (QED) is 0.586. The summed E-state index contributed by atoms with van der Waals surface area (Å²) in [6.07, 6.45) is 0.764. The van der Waals surface area contributed by atoms with Crippen LogP contribution in [-0.4, -0.2) is 18.3 Å². The van der Waals surface area contributed by atoms with Crippen molar-refractivity contribution in [2.45, 2.75) is 6.42 Å². The zero-order valence-electron chi connectivity index (χ0n) is 7.27. The van der Waals surface area contributed by atoms with E-state index in [1.165, 1.54) is 5.56 Å². The summed E-state index contributed by atoms with van der Waals surface area (Å²) < 4.78 is 4.88. The van der Waals surface area contributed by atoms with Gasteiger partial charge in [-0.3, -0.25) is 4.79 Å². The van der Waals surface area contributed by atoms with Crippen molar-refractivity contribution in [3.8, 4) is 0 Å². The molecule has 1 aromatic carbocycles. The Morgan fingerprint density at radius 2 is 2.00 bits per heavy atom. The largest absolute Gasteiger partial charge is 0.465 e. The van der Waals surface area contributed by atoms with Crippen LogP contribution in [0, 0.1) is 0 Å². The van der Waals surface area contributed by atoms with Gasteiger partial charge in [-0.2, -0.15) is 12.6 Å². The molecule has 3 heteroatoms. The van der Waals surface area contributed by atoms with Gasteiger partial charge < -0.3 is 4.74 Å². The van der Waals surface area contributed by atoms with E-state index in [-0.39, 0.29) is 11.7 Å². The minimum Gasteiger partial charge on any atom is -0.465 e. The molecule has 0 atom stereocenters. The minimum absolute atomic E-state index is 0.148. The number of ether oxygens (including phenoxy) is 1. The summed E-state index contributed by atoms with van der Waals surface area (Å²) in [5.74, 6) is -0.117. The van der Waals surface area contributed by atoms with Crippen molar-refractivity contribution in [1.82, 2.24) is 0 Å². The molecule has 1 rings (SSSR count). The van der Waals surface area contributed by atoms with Crippen molar-refractivity contribution in [2.75, 3.05) is 12.4 Å². The number of rotatable bonds is 4. The number of thiol groups is 1. The highest BCUT2D eigenvalue weighted by Crippen LogP contribution is 1.99. The molecule has 13 heavy (non-hydrogen) atoms. The Kier molecular flexibility index (Phi) is 4.40. The molecule has 70 valence electrons. The lowest BCUT2D eigenvalue weighted by Crippen LogP contribution is -2.08. The van der Waals surface area contributed by atoms with Crippen molar-refractivity contribution in [3.63, 3.8) is 0 Å². The van der Waals surface area contributed by atoms with Crippen LogP contribution in [0.2, 0.25) is 0 Å². The van der Waals surface area contributed by atoms with Crippen molar-refractivity contribution in [2.24, 2.45) is 0 Å². The number of carbonyl (C=O) groups is 1. The first-order valence-corrected chi connectivity index (χ1v) is 4.76. The average Bonchev–Trinajstić information content (AvgIpc) is 2.19. The standard InChI is InChI=1S/C10H12O2S/c11-10(8-13)12-7-6-9-4-2-1-3-5-9/h1-5,13H,6-8H2. The highest BCUT2D eigenvalue weighted by atomic mass is 32.1. The van der Waals surface area contributed by atoms with Crippen molar-refractivity contribution >= 4 is 18.6 Å². The molecular formula is C10H12O2S. The average molecular weight is 196 g/mol. The summed E-state index contributed by atoms with van der Waals surface area (Å²) in [6.45, 7) is 0.434. The molecule has 0 amide bonds. The minimum atomic E-state index is -0.265. The molecule has 0 unspecified atom stereocenters. The Morgan fingerprint density at radius 3 is 2.62 bits per heavy atom. The van der Waals surface area contributed by atoms with E-state index < -0.39 is 0 Å². The molecule has 0 heterocycles. The van der Waals surface area contributed by atoms with Crippen LogP contribution >= 0.6 is 12.6 Å². The first-order valence-electron chi connectivity index (χ1n) is 4.13. The van der Waals surface area contributed by atoms with Gasteiger partial charge in [0.25, 0.3) is 0 Å². The van der Waals surface area contributed by atoms with Crippen LogP contribution in [0.1, 0.15) is 5.56 Å².